The second-order valence-electron chi connectivity index (χ2n) is 6.06. The summed E-state index contributed by atoms with van der Waals surface area (Å²) in [4.78, 5) is 26.8. The molecule has 1 atom stereocenters. The molecule has 0 aromatic heterocycles. The van der Waals surface area contributed by atoms with Crippen LogP contribution >= 0.6 is 15.9 Å². The number of hydrogen-bond donors (Lipinski definition) is 1. The number of aromatic hydroxyl groups is 1. The zero-order chi connectivity index (χ0) is 18.1. The molecule has 3 rings (SSSR count). The molecular weight excluding hydrogens is 386 g/mol. The third-order valence-electron chi connectivity index (χ3n) is 4.50. The number of amides is 1. The number of rotatable bonds is 2. The molecule has 1 aliphatic heterocycles. The fourth-order valence-electron chi connectivity index (χ4n) is 3.10. The van der Waals surface area contributed by atoms with Crippen molar-refractivity contribution in [3.05, 3.63) is 63.1 Å². The van der Waals surface area contributed by atoms with Gasteiger partial charge in [-0.1, -0.05) is 34.1 Å². The second kappa shape index (κ2) is 6.88. The second-order valence-corrected chi connectivity index (χ2v) is 6.98. The lowest BCUT2D eigenvalue weighted by atomic mass is 9.93. The highest BCUT2D eigenvalue weighted by Gasteiger charge is 2.36. The number of ether oxygens (including phenoxy) is 1. The number of carbonyl (C=O) groups is 2. The molecule has 1 amide bonds. The van der Waals surface area contributed by atoms with E-state index in [9.17, 15) is 14.7 Å². The first-order chi connectivity index (χ1) is 11.9. The normalized spacial score (nSPS) is 16.3. The van der Waals surface area contributed by atoms with E-state index in [1.54, 1.807) is 25.1 Å². The molecule has 0 fully saturated rings. The van der Waals surface area contributed by atoms with Crippen molar-refractivity contribution >= 4 is 27.8 Å². The van der Waals surface area contributed by atoms with Crippen molar-refractivity contribution in [2.75, 3.05) is 7.11 Å². The fraction of sp³-hybridized carbons (Fsp3) is 0.263. The molecular formula is C19H18BrNO4. The summed E-state index contributed by atoms with van der Waals surface area (Å²) in [5.41, 5.74) is 2.78. The van der Waals surface area contributed by atoms with Gasteiger partial charge in [0, 0.05) is 17.4 Å². The van der Waals surface area contributed by atoms with Crippen LogP contribution in [0.25, 0.3) is 0 Å². The van der Waals surface area contributed by atoms with Crippen LogP contribution in [-0.4, -0.2) is 35.0 Å². The maximum atomic E-state index is 13.0. The number of phenolic OH excluding ortho intramolecular Hbond substituents is 1. The first-order valence-electron chi connectivity index (χ1n) is 7.87. The summed E-state index contributed by atoms with van der Waals surface area (Å²) in [5, 5.41) is 10.2. The van der Waals surface area contributed by atoms with Gasteiger partial charge in [-0.05, 0) is 41.8 Å². The number of aryl methyl sites for hydroxylation is 1. The fourth-order valence-corrected chi connectivity index (χ4v) is 3.51. The summed E-state index contributed by atoms with van der Waals surface area (Å²) < 4.78 is 5.82. The van der Waals surface area contributed by atoms with Gasteiger partial charge in [0.1, 0.15) is 11.8 Å². The Hall–Kier alpha value is -2.34. The maximum absolute atomic E-state index is 13.0. The topological polar surface area (TPSA) is 66.8 Å². The third-order valence-corrected chi connectivity index (χ3v) is 4.99. The monoisotopic (exact) mass is 403 g/mol. The molecule has 6 heteroatoms. The largest absolute Gasteiger partial charge is 0.507 e. The van der Waals surface area contributed by atoms with Crippen LogP contribution in [0.4, 0.5) is 0 Å². The van der Waals surface area contributed by atoms with E-state index in [-0.39, 0.29) is 23.8 Å². The van der Waals surface area contributed by atoms with Crippen molar-refractivity contribution in [1.82, 2.24) is 4.90 Å². The average Bonchev–Trinajstić information content (AvgIpc) is 2.61. The summed E-state index contributed by atoms with van der Waals surface area (Å²) in [6, 6.07) is 10.1. The van der Waals surface area contributed by atoms with E-state index >= 15 is 0 Å². The molecule has 5 nitrogen and oxygen atoms in total. The molecule has 2 aromatic carbocycles. The van der Waals surface area contributed by atoms with Gasteiger partial charge in [-0.2, -0.15) is 0 Å². The standard InChI is InChI=1S/C19H18BrNO4/c1-11-4-3-5-15(17(11)22)18(23)21-10-12-6-7-14(20)8-13(12)9-16(21)19(24)25-2/h3-8,16,22H,9-10H2,1-2H3. The smallest absolute Gasteiger partial charge is 0.328 e. The van der Waals surface area contributed by atoms with E-state index in [1.807, 2.05) is 18.2 Å². The molecule has 130 valence electrons. The van der Waals surface area contributed by atoms with Gasteiger partial charge >= 0.3 is 5.97 Å². The molecule has 25 heavy (non-hydrogen) atoms. The van der Waals surface area contributed by atoms with Crippen LogP contribution in [0.15, 0.2) is 40.9 Å². The van der Waals surface area contributed by atoms with Gasteiger partial charge in [0.15, 0.2) is 0 Å². The van der Waals surface area contributed by atoms with Crippen molar-refractivity contribution in [1.29, 1.82) is 0 Å². The summed E-state index contributed by atoms with van der Waals surface area (Å²) in [6.07, 6.45) is 0.375. The summed E-state index contributed by atoms with van der Waals surface area (Å²) in [7, 11) is 1.31. The van der Waals surface area contributed by atoms with Gasteiger partial charge in [-0.15, -0.1) is 0 Å². The van der Waals surface area contributed by atoms with Crippen LogP contribution in [0, 0.1) is 6.92 Å². The Bertz CT molecular complexity index is 849. The van der Waals surface area contributed by atoms with Crippen molar-refractivity contribution in [3.8, 4) is 5.75 Å². The Morgan fingerprint density at radius 2 is 2.00 bits per heavy atom. The lowest BCUT2D eigenvalue weighted by Gasteiger charge is -2.35. The van der Waals surface area contributed by atoms with Crippen LogP contribution in [0.5, 0.6) is 5.75 Å². The lowest BCUT2D eigenvalue weighted by molar-refractivity contribution is -0.146. The molecule has 1 unspecified atom stereocenters. The Kier molecular flexibility index (Phi) is 4.81. The van der Waals surface area contributed by atoms with Crippen LogP contribution < -0.4 is 0 Å². The van der Waals surface area contributed by atoms with E-state index in [2.05, 4.69) is 15.9 Å². The third kappa shape index (κ3) is 3.26. The minimum absolute atomic E-state index is 0.0577. The Morgan fingerprint density at radius 3 is 2.72 bits per heavy atom. The quantitative estimate of drug-likeness (QED) is 0.781. The number of nitrogens with zero attached hydrogens (tertiary/aromatic N) is 1. The zero-order valence-corrected chi connectivity index (χ0v) is 15.5. The Balaban J connectivity index is 2.02. The molecule has 0 saturated heterocycles. The molecule has 2 aromatic rings. The van der Waals surface area contributed by atoms with Crippen molar-refractivity contribution in [3.63, 3.8) is 0 Å². The summed E-state index contributed by atoms with van der Waals surface area (Å²) in [5.74, 6) is -0.908. The molecule has 0 aliphatic carbocycles. The molecule has 0 radical (unpaired) electrons. The van der Waals surface area contributed by atoms with Crippen molar-refractivity contribution in [2.24, 2.45) is 0 Å². The van der Waals surface area contributed by atoms with Gasteiger partial charge < -0.3 is 14.7 Å². The van der Waals surface area contributed by atoms with Crippen LogP contribution in [0.3, 0.4) is 0 Å². The van der Waals surface area contributed by atoms with Crippen LogP contribution in [-0.2, 0) is 22.5 Å². The Morgan fingerprint density at radius 1 is 1.24 bits per heavy atom. The van der Waals surface area contributed by atoms with Gasteiger partial charge in [-0.25, -0.2) is 4.79 Å². The predicted molar refractivity (Wildman–Crippen MR) is 96.4 cm³/mol. The van der Waals surface area contributed by atoms with Gasteiger partial charge in [0.05, 0.1) is 12.7 Å². The SMILES string of the molecule is COC(=O)C1Cc2cc(Br)ccc2CN1C(=O)c1cccc(C)c1O. The number of fused-ring (bicyclic) bond motifs is 1. The first-order valence-corrected chi connectivity index (χ1v) is 8.66. The molecule has 1 heterocycles. The first kappa shape index (κ1) is 17.5. The molecule has 0 spiro atoms. The van der Waals surface area contributed by atoms with E-state index in [0.29, 0.717) is 12.0 Å². The number of methoxy groups -OCH3 is 1. The van der Waals surface area contributed by atoms with E-state index in [4.69, 9.17) is 4.74 Å². The highest BCUT2D eigenvalue weighted by Crippen LogP contribution is 2.30. The minimum atomic E-state index is -0.723. The minimum Gasteiger partial charge on any atom is -0.507 e. The van der Waals surface area contributed by atoms with Gasteiger partial charge in [0.25, 0.3) is 5.91 Å². The molecule has 1 N–H and O–H groups in total. The van der Waals surface area contributed by atoms with Crippen LogP contribution in [0.2, 0.25) is 0 Å². The van der Waals surface area contributed by atoms with Crippen LogP contribution in [0.1, 0.15) is 27.0 Å². The Labute approximate surface area is 154 Å². The lowest BCUT2D eigenvalue weighted by Crippen LogP contribution is -2.49. The number of para-hydroxylation sites is 1. The number of esters is 1. The van der Waals surface area contributed by atoms with E-state index in [1.165, 1.54) is 12.0 Å². The number of halogens is 1. The van der Waals surface area contributed by atoms with Gasteiger partial charge in [0.2, 0.25) is 0 Å². The number of carbonyl (C=O) groups excluding carboxylic acids is 2. The van der Waals surface area contributed by atoms with E-state index in [0.717, 1.165) is 15.6 Å². The molecule has 1 aliphatic rings. The van der Waals surface area contributed by atoms with E-state index < -0.39 is 12.0 Å². The zero-order valence-electron chi connectivity index (χ0n) is 14.0. The predicted octanol–water partition coefficient (Wildman–Crippen LogP) is 3.20. The van der Waals surface area contributed by atoms with Gasteiger partial charge in [-0.3, -0.25) is 4.79 Å². The summed E-state index contributed by atoms with van der Waals surface area (Å²) in [6.45, 7) is 2.02. The highest BCUT2D eigenvalue weighted by molar-refractivity contribution is 9.10. The number of hydrogen-bond acceptors (Lipinski definition) is 4. The van der Waals surface area contributed by atoms with Crippen molar-refractivity contribution in [2.45, 2.75) is 25.9 Å². The molecule has 0 saturated carbocycles. The van der Waals surface area contributed by atoms with Crippen molar-refractivity contribution < 1.29 is 19.4 Å². The number of benzene rings is 2. The maximum Gasteiger partial charge on any atom is 0.328 e. The number of phenols is 1. The summed E-state index contributed by atoms with van der Waals surface area (Å²) >= 11 is 3.43. The highest BCUT2D eigenvalue weighted by atomic mass is 79.9. The molecule has 0 bridgehead atoms. The average molecular weight is 404 g/mol.